The van der Waals surface area contributed by atoms with Crippen LogP contribution in [0.2, 0.25) is 0 Å². The molecule has 3 heterocycles. The van der Waals surface area contributed by atoms with Gasteiger partial charge < -0.3 is 15.8 Å². The summed E-state index contributed by atoms with van der Waals surface area (Å²) in [4.78, 5) is 9.27. The molecule has 0 bridgehead atoms. The number of halogens is 1. The molecule has 1 fully saturated rings. The molecule has 2 aromatic carbocycles. The molecule has 1 unspecified atom stereocenters. The first-order chi connectivity index (χ1) is 15.1. The van der Waals surface area contributed by atoms with Gasteiger partial charge in [0.2, 0.25) is 5.95 Å². The number of nitrogens with zero attached hydrogens (tertiary/aromatic N) is 4. The van der Waals surface area contributed by atoms with Crippen molar-refractivity contribution in [2.75, 3.05) is 24.2 Å². The molecule has 3 N–H and O–H groups in total. The second-order valence-electron chi connectivity index (χ2n) is 7.76. The van der Waals surface area contributed by atoms with Gasteiger partial charge in [-0.15, -0.1) is 5.10 Å². The Kier molecular flexibility index (Phi) is 4.99. The minimum absolute atomic E-state index is 0.131. The summed E-state index contributed by atoms with van der Waals surface area (Å²) < 4.78 is 21.3. The number of benzene rings is 2. The van der Waals surface area contributed by atoms with Crippen LogP contribution in [0.15, 0.2) is 48.5 Å². The lowest BCUT2D eigenvalue weighted by molar-refractivity contribution is 0.120. The monoisotopic (exact) mass is 418 g/mol. The number of nitrogen functional groups attached to an aromatic ring is 1. The Morgan fingerprint density at radius 3 is 2.84 bits per heavy atom. The zero-order valence-corrected chi connectivity index (χ0v) is 17.2. The van der Waals surface area contributed by atoms with Gasteiger partial charge >= 0.3 is 0 Å². The van der Waals surface area contributed by atoms with Crippen LogP contribution in [0.1, 0.15) is 18.4 Å². The van der Waals surface area contributed by atoms with Gasteiger partial charge in [-0.25, -0.2) is 14.1 Å². The topological polar surface area (TPSA) is 90.9 Å². The Bertz CT molecular complexity index is 1250. The maximum absolute atomic E-state index is 14.0. The van der Waals surface area contributed by atoms with E-state index in [4.69, 9.17) is 10.5 Å². The summed E-state index contributed by atoms with van der Waals surface area (Å²) in [5.74, 6) is 0.476. The molecule has 5 rings (SSSR count). The van der Waals surface area contributed by atoms with Gasteiger partial charge in [0.25, 0.3) is 0 Å². The first-order valence-electron chi connectivity index (χ1n) is 10.3. The van der Waals surface area contributed by atoms with Crippen LogP contribution in [0.4, 0.5) is 16.2 Å². The minimum atomic E-state index is -0.345. The molecule has 31 heavy (non-hydrogen) atoms. The Morgan fingerprint density at radius 1 is 1.19 bits per heavy atom. The van der Waals surface area contributed by atoms with Crippen LogP contribution in [0, 0.1) is 12.7 Å². The third-order valence-corrected chi connectivity index (χ3v) is 5.43. The van der Waals surface area contributed by atoms with Gasteiger partial charge in [0, 0.05) is 18.7 Å². The number of nitrogens with one attached hydrogen (secondary N) is 1. The molecular weight excluding hydrogens is 395 g/mol. The highest BCUT2D eigenvalue weighted by atomic mass is 19.1. The Hall–Kier alpha value is -3.52. The van der Waals surface area contributed by atoms with Gasteiger partial charge in [0.05, 0.1) is 22.9 Å². The summed E-state index contributed by atoms with van der Waals surface area (Å²) in [5, 5.41) is 8.49. The summed E-state index contributed by atoms with van der Waals surface area (Å²) in [6, 6.07) is 14.2. The summed E-state index contributed by atoms with van der Waals surface area (Å²) in [7, 11) is 0. The van der Waals surface area contributed by atoms with E-state index in [9.17, 15) is 4.39 Å². The van der Waals surface area contributed by atoms with Crippen LogP contribution in [-0.4, -0.2) is 39.0 Å². The number of aromatic nitrogens is 4. The molecule has 8 heteroatoms. The van der Waals surface area contributed by atoms with Crippen molar-refractivity contribution in [1.82, 2.24) is 19.7 Å². The molecule has 7 nitrogen and oxygen atoms in total. The Morgan fingerprint density at radius 2 is 2.06 bits per heavy atom. The number of hydrogen-bond acceptors (Lipinski definition) is 6. The van der Waals surface area contributed by atoms with Gasteiger partial charge in [-0.3, -0.25) is 0 Å². The molecule has 0 amide bonds. The average Bonchev–Trinajstić information content (AvgIpc) is 3.40. The fraction of sp³-hybridized carbons (Fsp3) is 0.261. The van der Waals surface area contributed by atoms with Crippen molar-refractivity contribution in [3.05, 3.63) is 59.9 Å². The lowest BCUT2D eigenvalue weighted by Gasteiger charge is -2.12. The second kappa shape index (κ2) is 7.96. The van der Waals surface area contributed by atoms with Crippen molar-refractivity contribution in [2.24, 2.45) is 0 Å². The highest BCUT2D eigenvalue weighted by Gasteiger charge is 2.21. The predicted octanol–water partition coefficient (Wildman–Crippen LogP) is 4.10. The van der Waals surface area contributed by atoms with Crippen molar-refractivity contribution in [3.8, 4) is 16.9 Å². The summed E-state index contributed by atoms with van der Waals surface area (Å²) in [6.07, 6.45) is 2.19. The van der Waals surface area contributed by atoms with E-state index in [1.807, 2.05) is 31.2 Å². The van der Waals surface area contributed by atoms with E-state index in [-0.39, 0.29) is 11.9 Å². The highest BCUT2D eigenvalue weighted by molar-refractivity contribution is 5.99. The van der Waals surface area contributed by atoms with Gasteiger partial charge in [0.1, 0.15) is 11.6 Å². The van der Waals surface area contributed by atoms with E-state index in [1.165, 1.54) is 12.1 Å². The standard InChI is InChI=1S/C23H23FN6O/c1-14-5-2-8-17(11-14)30-21(25)19-20(15-6-3-7-16(24)12-15)27-23(28-22(19)29-30)26-13-18-9-4-10-31-18/h2-3,5-8,11-12,18H,4,9-10,13,25H2,1H3,(H,26,28,29). The van der Waals surface area contributed by atoms with E-state index in [2.05, 4.69) is 20.4 Å². The first-order valence-corrected chi connectivity index (χ1v) is 10.3. The first kappa shape index (κ1) is 19.4. The van der Waals surface area contributed by atoms with Crippen molar-refractivity contribution in [1.29, 1.82) is 0 Å². The predicted molar refractivity (Wildman–Crippen MR) is 119 cm³/mol. The lowest BCUT2D eigenvalue weighted by Crippen LogP contribution is -2.19. The largest absolute Gasteiger partial charge is 0.383 e. The average molecular weight is 418 g/mol. The number of fused-ring (bicyclic) bond motifs is 1. The highest BCUT2D eigenvalue weighted by Crippen LogP contribution is 2.33. The molecule has 2 aromatic heterocycles. The molecule has 1 aliphatic rings. The van der Waals surface area contributed by atoms with Crippen molar-refractivity contribution in [2.45, 2.75) is 25.9 Å². The third-order valence-electron chi connectivity index (χ3n) is 5.43. The zero-order valence-electron chi connectivity index (χ0n) is 17.2. The molecular formula is C23H23FN6O. The third kappa shape index (κ3) is 3.82. The van der Waals surface area contributed by atoms with Crippen molar-refractivity contribution in [3.63, 3.8) is 0 Å². The SMILES string of the molecule is Cc1cccc(-n2nc3nc(NCC4CCCO4)nc(-c4cccc(F)c4)c3c2N)c1. The summed E-state index contributed by atoms with van der Waals surface area (Å²) >= 11 is 0. The fourth-order valence-corrected chi connectivity index (χ4v) is 3.90. The normalized spacial score (nSPS) is 16.1. The molecule has 1 atom stereocenters. The number of ether oxygens (including phenoxy) is 1. The van der Waals surface area contributed by atoms with Crippen LogP contribution >= 0.6 is 0 Å². The fourth-order valence-electron chi connectivity index (χ4n) is 3.90. The van der Waals surface area contributed by atoms with E-state index in [0.29, 0.717) is 40.6 Å². The molecule has 1 aliphatic heterocycles. The van der Waals surface area contributed by atoms with E-state index in [1.54, 1.807) is 16.8 Å². The van der Waals surface area contributed by atoms with Crippen molar-refractivity contribution < 1.29 is 9.13 Å². The molecule has 158 valence electrons. The number of hydrogen-bond donors (Lipinski definition) is 2. The van der Waals surface area contributed by atoms with Gasteiger partial charge in [-0.05, 0) is 49.6 Å². The van der Waals surface area contributed by atoms with Crippen LogP contribution in [0.3, 0.4) is 0 Å². The summed E-state index contributed by atoms with van der Waals surface area (Å²) in [6.45, 7) is 3.38. The van der Waals surface area contributed by atoms with Gasteiger partial charge in [0.15, 0.2) is 5.65 Å². The van der Waals surface area contributed by atoms with E-state index in [0.717, 1.165) is 30.7 Å². The zero-order chi connectivity index (χ0) is 21.4. The molecule has 4 aromatic rings. The quantitative estimate of drug-likeness (QED) is 0.507. The number of nitrogens with two attached hydrogens (primary N) is 1. The molecule has 1 saturated heterocycles. The van der Waals surface area contributed by atoms with Crippen molar-refractivity contribution >= 4 is 22.8 Å². The Labute approximate surface area is 179 Å². The lowest BCUT2D eigenvalue weighted by atomic mass is 10.1. The van der Waals surface area contributed by atoms with Gasteiger partial charge in [-0.2, -0.15) is 4.98 Å². The minimum Gasteiger partial charge on any atom is -0.383 e. The van der Waals surface area contributed by atoms with E-state index < -0.39 is 0 Å². The molecule has 0 aliphatic carbocycles. The second-order valence-corrected chi connectivity index (χ2v) is 7.76. The number of aryl methyl sites for hydroxylation is 1. The maximum Gasteiger partial charge on any atom is 0.225 e. The number of rotatable bonds is 5. The maximum atomic E-state index is 14.0. The van der Waals surface area contributed by atoms with Crippen LogP contribution in [0.25, 0.3) is 28.0 Å². The molecule has 0 spiro atoms. The molecule has 0 saturated carbocycles. The Balaban J connectivity index is 1.64. The van der Waals surface area contributed by atoms with Crippen LogP contribution < -0.4 is 11.1 Å². The smallest absolute Gasteiger partial charge is 0.225 e. The van der Waals surface area contributed by atoms with Crippen LogP contribution in [-0.2, 0) is 4.74 Å². The van der Waals surface area contributed by atoms with Crippen LogP contribution in [0.5, 0.6) is 0 Å². The van der Waals surface area contributed by atoms with Gasteiger partial charge in [-0.1, -0.05) is 24.3 Å². The van der Waals surface area contributed by atoms with E-state index >= 15 is 0 Å². The number of anilines is 2. The summed E-state index contributed by atoms with van der Waals surface area (Å²) in [5.41, 5.74) is 10.0. The molecule has 0 radical (unpaired) electrons.